The number of benzene rings is 1. The SMILES string of the molecule is [2H]C(C)(CF)N[C@@H](C)c1ccccc1. The lowest BCUT2D eigenvalue weighted by molar-refractivity contribution is 0.368. The molecule has 13 heavy (non-hydrogen) atoms. The molecule has 0 saturated heterocycles. The van der Waals surface area contributed by atoms with E-state index in [1.165, 1.54) is 6.92 Å². The minimum Gasteiger partial charge on any atom is -0.305 e. The van der Waals surface area contributed by atoms with Gasteiger partial charge in [0.2, 0.25) is 0 Å². The van der Waals surface area contributed by atoms with Gasteiger partial charge in [0.1, 0.15) is 6.67 Å². The second-order valence-electron chi connectivity index (χ2n) is 3.19. The summed E-state index contributed by atoms with van der Waals surface area (Å²) >= 11 is 0. The Morgan fingerprint density at radius 3 is 2.54 bits per heavy atom. The zero-order valence-electron chi connectivity index (χ0n) is 9.05. The summed E-state index contributed by atoms with van der Waals surface area (Å²) in [7, 11) is 0. The standard InChI is InChI=1S/C11H16FN/c1-9(8-12)13-10(2)11-6-4-3-5-7-11/h3-7,9-10,13H,8H2,1-2H3/t9?,10-/m0/s1/i9D. The minimum absolute atomic E-state index is 0.00514. The average Bonchev–Trinajstić information content (AvgIpc) is 2.19. The van der Waals surface area contributed by atoms with E-state index in [1.807, 2.05) is 37.3 Å². The first-order valence-corrected chi connectivity index (χ1v) is 4.44. The Balaban J connectivity index is 2.64. The van der Waals surface area contributed by atoms with Gasteiger partial charge in [-0.1, -0.05) is 30.3 Å². The fraction of sp³-hybridized carbons (Fsp3) is 0.455. The highest BCUT2D eigenvalue weighted by Gasteiger charge is 2.07. The molecule has 1 aromatic carbocycles. The lowest BCUT2D eigenvalue weighted by atomic mass is 10.1. The second-order valence-corrected chi connectivity index (χ2v) is 3.19. The lowest BCUT2D eigenvalue weighted by Gasteiger charge is -2.17. The molecule has 0 aromatic heterocycles. The first-order valence-electron chi connectivity index (χ1n) is 4.94. The van der Waals surface area contributed by atoms with Gasteiger partial charge in [0.05, 0.1) is 0 Å². The Morgan fingerprint density at radius 1 is 1.38 bits per heavy atom. The third kappa shape index (κ3) is 3.15. The van der Waals surface area contributed by atoms with Crippen LogP contribution < -0.4 is 5.32 Å². The normalized spacial score (nSPS) is 18.8. The average molecular weight is 182 g/mol. The number of hydrogen-bond donors (Lipinski definition) is 1. The van der Waals surface area contributed by atoms with E-state index in [2.05, 4.69) is 5.32 Å². The van der Waals surface area contributed by atoms with Crippen molar-refractivity contribution in [3.05, 3.63) is 35.9 Å². The maximum atomic E-state index is 12.4. The van der Waals surface area contributed by atoms with Crippen molar-refractivity contribution in [3.8, 4) is 0 Å². The summed E-state index contributed by atoms with van der Waals surface area (Å²) < 4.78 is 20.0. The molecule has 0 bridgehead atoms. The predicted molar refractivity (Wildman–Crippen MR) is 53.4 cm³/mol. The van der Waals surface area contributed by atoms with Crippen molar-refractivity contribution >= 4 is 0 Å². The van der Waals surface area contributed by atoms with Crippen LogP contribution in [0.15, 0.2) is 30.3 Å². The quantitative estimate of drug-likeness (QED) is 0.755. The van der Waals surface area contributed by atoms with Crippen molar-refractivity contribution in [2.75, 3.05) is 6.67 Å². The van der Waals surface area contributed by atoms with Crippen molar-refractivity contribution in [2.24, 2.45) is 0 Å². The Labute approximate surface area is 80.4 Å². The van der Waals surface area contributed by atoms with Crippen LogP contribution in [-0.2, 0) is 0 Å². The molecule has 1 aromatic rings. The molecule has 72 valence electrons. The van der Waals surface area contributed by atoms with Crippen molar-refractivity contribution in [2.45, 2.75) is 25.9 Å². The van der Waals surface area contributed by atoms with Gasteiger partial charge in [-0.15, -0.1) is 0 Å². The fourth-order valence-electron chi connectivity index (χ4n) is 1.23. The summed E-state index contributed by atoms with van der Waals surface area (Å²) in [5.41, 5.74) is 1.07. The Kier molecular flexibility index (Phi) is 3.33. The molecular weight excluding hydrogens is 165 g/mol. The van der Waals surface area contributed by atoms with E-state index in [9.17, 15) is 4.39 Å². The van der Waals surface area contributed by atoms with E-state index < -0.39 is 12.7 Å². The third-order valence-electron chi connectivity index (χ3n) is 1.96. The van der Waals surface area contributed by atoms with Crippen LogP contribution >= 0.6 is 0 Å². The molecule has 0 aliphatic heterocycles. The third-order valence-corrected chi connectivity index (χ3v) is 1.96. The molecule has 0 saturated carbocycles. The van der Waals surface area contributed by atoms with Gasteiger partial charge in [0, 0.05) is 13.4 Å². The van der Waals surface area contributed by atoms with Crippen LogP contribution in [0.4, 0.5) is 4.39 Å². The maximum absolute atomic E-state index is 12.4. The summed E-state index contributed by atoms with van der Waals surface area (Å²) in [5, 5.41) is 2.91. The largest absolute Gasteiger partial charge is 0.305 e. The minimum atomic E-state index is -1.20. The van der Waals surface area contributed by atoms with Crippen molar-refractivity contribution < 1.29 is 5.76 Å². The van der Waals surface area contributed by atoms with Crippen LogP contribution in [0.2, 0.25) is 0 Å². The molecule has 0 aliphatic carbocycles. The predicted octanol–water partition coefficient (Wildman–Crippen LogP) is 2.70. The van der Waals surface area contributed by atoms with Crippen LogP contribution in [-0.4, -0.2) is 12.7 Å². The molecule has 0 spiro atoms. The summed E-state index contributed by atoms with van der Waals surface area (Å²) in [5.74, 6) is 0. The Hall–Kier alpha value is -0.890. The molecule has 2 atom stereocenters. The van der Waals surface area contributed by atoms with E-state index in [-0.39, 0.29) is 6.04 Å². The van der Waals surface area contributed by atoms with Gasteiger partial charge in [-0.2, -0.15) is 0 Å². The Bertz CT molecular complexity index is 274. The number of alkyl halides is 1. The molecule has 2 heteroatoms. The fourth-order valence-corrected chi connectivity index (χ4v) is 1.23. The zero-order valence-corrected chi connectivity index (χ0v) is 8.05. The number of rotatable bonds is 4. The summed E-state index contributed by atoms with van der Waals surface area (Å²) in [6.45, 7) is 2.77. The number of halogens is 1. The smallest absolute Gasteiger partial charge is 0.104 e. The van der Waals surface area contributed by atoms with Gasteiger partial charge in [-0.05, 0) is 19.4 Å². The van der Waals surface area contributed by atoms with E-state index in [0.717, 1.165) is 5.56 Å². The monoisotopic (exact) mass is 182 g/mol. The molecule has 0 fully saturated rings. The first kappa shape index (κ1) is 8.70. The van der Waals surface area contributed by atoms with Crippen LogP contribution in [0.3, 0.4) is 0 Å². The number of hydrogen-bond acceptors (Lipinski definition) is 1. The zero-order chi connectivity index (χ0) is 10.6. The molecule has 0 heterocycles. The molecule has 1 rings (SSSR count). The number of nitrogens with one attached hydrogen (secondary N) is 1. The van der Waals surface area contributed by atoms with Gasteiger partial charge in [-0.25, -0.2) is 4.39 Å². The van der Waals surface area contributed by atoms with Crippen molar-refractivity contribution in [1.82, 2.24) is 5.32 Å². The topological polar surface area (TPSA) is 12.0 Å². The molecule has 0 radical (unpaired) electrons. The van der Waals surface area contributed by atoms with E-state index in [0.29, 0.717) is 0 Å². The van der Waals surface area contributed by atoms with Gasteiger partial charge < -0.3 is 5.32 Å². The summed E-state index contributed by atoms with van der Waals surface area (Å²) in [6.07, 6.45) is 0. The van der Waals surface area contributed by atoms with Gasteiger partial charge in [-0.3, -0.25) is 0 Å². The van der Waals surface area contributed by atoms with Crippen LogP contribution in [0, 0.1) is 0 Å². The van der Waals surface area contributed by atoms with Crippen LogP contribution in [0.25, 0.3) is 0 Å². The summed E-state index contributed by atoms with van der Waals surface area (Å²) in [4.78, 5) is 0. The van der Waals surface area contributed by atoms with Crippen molar-refractivity contribution in [3.63, 3.8) is 0 Å². The van der Waals surface area contributed by atoms with Crippen LogP contribution in [0.5, 0.6) is 0 Å². The van der Waals surface area contributed by atoms with E-state index in [4.69, 9.17) is 1.37 Å². The highest BCUT2D eigenvalue weighted by Crippen LogP contribution is 2.11. The highest BCUT2D eigenvalue weighted by molar-refractivity contribution is 5.18. The molecular formula is C11H16FN. The van der Waals surface area contributed by atoms with E-state index in [1.54, 1.807) is 0 Å². The van der Waals surface area contributed by atoms with Crippen molar-refractivity contribution in [1.29, 1.82) is 0 Å². The first-order chi connectivity index (χ1) is 6.55. The molecule has 1 unspecified atom stereocenters. The Morgan fingerprint density at radius 2 is 2.00 bits per heavy atom. The van der Waals surface area contributed by atoms with Crippen LogP contribution in [0.1, 0.15) is 26.8 Å². The highest BCUT2D eigenvalue weighted by atomic mass is 19.1. The second kappa shape index (κ2) is 4.97. The van der Waals surface area contributed by atoms with E-state index >= 15 is 0 Å². The molecule has 1 N–H and O–H groups in total. The lowest BCUT2D eigenvalue weighted by Crippen LogP contribution is -2.30. The van der Waals surface area contributed by atoms with Gasteiger partial charge in [0.15, 0.2) is 0 Å². The molecule has 1 nitrogen and oxygen atoms in total. The van der Waals surface area contributed by atoms with Gasteiger partial charge >= 0.3 is 0 Å². The molecule has 0 aliphatic rings. The van der Waals surface area contributed by atoms with Gasteiger partial charge in [0.25, 0.3) is 0 Å². The summed E-state index contributed by atoms with van der Waals surface area (Å²) in [6, 6.07) is 8.53. The maximum Gasteiger partial charge on any atom is 0.104 e. The molecule has 0 amide bonds.